The van der Waals surface area contributed by atoms with Crippen molar-refractivity contribution in [2.45, 2.75) is 20.5 Å². The largest absolute Gasteiger partial charge is 0.493 e. The second kappa shape index (κ2) is 10.8. The zero-order chi connectivity index (χ0) is 24.9. The van der Waals surface area contributed by atoms with Gasteiger partial charge in [0.2, 0.25) is 0 Å². The number of amides is 1. The lowest BCUT2D eigenvalue weighted by atomic mass is 10.1. The van der Waals surface area contributed by atoms with Crippen LogP contribution in [0.4, 0.5) is 5.69 Å². The SMILES string of the molecule is CCOc1ccc(C(=O)Nc2ccc3sc(C(=O)OC)cc3c2)cc1COc1ccc(Cl)c(C)c1. The first-order valence-corrected chi connectivity index (χ1v) is 12.2. The number of hydrogen-bond acceptors (Lipinski definition) is 6. The molecule has 4 aromatic rings. The minimum Gasteiger partial charge on any atom is -0.493 e. The zero-order valence-electron chi connectivity index (χ0n) is 19.5. The maximum absolute atomic E-state index is 13.0. The van der Waals surface area contributed by atoms with Crippen LogP contribution < -0.4 is 14.8 Å². The molecule has 0 bridgehead atoms. The van der Waals surface area contributed by atoms with E-state index in [0.717, 1.165) is 21.2 Å². The fourth-order valence-corrected chi connectivity index (χ4v) is 4.60. The number of aryl methyl sites for hydroxylation is 1. The zero-order valence-corrected chi connectivity index (χ0v) is 21.1. The fourth-order valence-electron chi connectivity index (χ4n) is 3.52. The second-order valence-corrected chi connectivity index (χ2v) is 9.26. The predicted molar refractivity (Wildman–Crippen MR) is 139 cm³/mol. The van der Waals surface area contributed by atoms with Gasteiger partial charge in [-0.05, 0) is 85.5 Å². The molecular weight excluding hydrogens is 486 g/mol. The monoisotopic (exact) mass is 509 g/mol. The van der Waals surface area contributed by atoms with Gasteiger partial charge >= 0.3 is 5.97 Å². The Morgan fingerprint density at radius 2 is 1.83 bits per heavy atom. The molecule has 4 rings (SSSR count). The standard InChI is InChI=1S/C27H24ClNO5S/c1-4-33-23-9-5-17(12-19(23)15-34-21-7-8-22(28)16(2)11-21)26(30)29-20-6-10-24-18(13-20)14-25(35-24)27(31)32-3/h5-14H,4,15H2,1-3H3,(H,29,30). The van der Waals surface area contributed by atoms with Crippen LogP contribution in [0.25, 0.3) is 10.1 Å². The first-order chi connectivity index (χ1) is 16.9. The van der Waals surface area contributed by atoms with E-state index < -0.39 is 0 Å². The van der Waals surface area contributed by atoms with Gasteiger partial charge in [-0.25, -0.2) is 4.79 Å². The third-order valence-corrected chi connectivity index (χ3v) is 6.83. The van der Waals surface area contributed by atoms with Gasteiger partial charge in [-0.15, -0.1) is 11.3 Å². The summed E-state index contributed by atoms with van der Waals surface area (Å²) >= 11 is 7.45. The Labute approximate surface area is 212 Å². The predicted octanol–water partition coefficient (Wildman–Crippen LogP) is 6.88. The third-order valence-electron chi connectivity index (χ3n) is 5.31. The topological polar surface area (TPSA) is 73.9 Å². The molecule has 0 spiro atoms. The highest BCUT2D eigenvalue weighted by Crippen LogP contribution is 2.29. The van der Waals surface area contributed by atoms with Gasteiger partial charge in [0, 0.05) is 26.5 Å². The summed E-state index contributed by atoms with van der Waals surface area (Å²) in [5.41, 5.74) is 2.77. The minimum atomic E-state index is -0.380. The Hall–Kier alpha value is -3.55. The van der Waals surface area contributed by atoms with Gasteiger partial charge in [-0.3, -0.25) is 4.79 Å². The molecule has 1 aromatic heterocycles. The van der Waals surface area contributed by atoms with E-state index in [2.05, 4.69) is 5.32 Å². The van der Waals surface area contributed by atoms with Crippen LogP contribution in [0, 0.1) is 6.92 Å². The van der Waals surface area contributed by atoms with Crippen molar-refractivity contribution in [2.24, 2.45) is 0 Å². The molecule has 0 radical (unpaired) electrons. The van der Waals surface area contributed by atoms with Crippen LogP contribution in [-0.4, -0.2) is 25.6 Å². The number of fused-ring (bicyclic) bond motifs is 1. The summed E-state index contributed by atoms with van der Waals surface area (Å²) in [5, 5.41) is 4.45. The van der Waals surface area contributed by atoms with Crippen molar-refractivity contribution in [3.05, 3.63) is 87.3 Å². The second-order valence-electron chi connectivity index (χ2n) is 7.76. The first kappa shape index (κ1) is 24.6. The molecule has 1 N–H and O–H groups in total. The van der Waals surface area contributed by atoms with Crippen molar-refractivity contribution in [3.63, 3.8) is 0 Å². The van der Waals surface area contributed by atoms with Gasteiger partial charge in [0.05, 0.1) is 13.7 Å². The lowest BCUT2D eigenvalue weighted by Crippen LogP contribution is -2.13. The number of carbonyl (C=O) groups is 2. The van der Waals surface area contributed by atoms with Crippen molar-refractivity contribution >= 4 is 50.6 Å². The molecule has 3 aromatic carbocycles. The summed E-state index contributed by atoms with van der Waals surface area (Å²) in [4.78, 5) is 25.3. The Morgan fingerprint density at radius 3 is 2.57 bits per heavy atom. The molecule has 6 nitrogen and oxygen atoms in total. The van der Waals surface area contributed by atoms with Crippen molar-refractivity contribution in [1.29, 1.82) is 0 Å². The lowest BCUT2D eigenvalue weighted by molar-refractivity contribution is 0.0606. The van der Waals surface area contributed by atoms with Crippen LogP contribution in [0.1, 0.15) is 38.1 Å². The average molecular weight is 510 g/mol. The summed E-state index contributed by atoms with van der Waals surface area (Å²) in [6.45, 7) is 4.54. The van der Waals surface area contributed by atoms with Crippen molar-refractivity contribution < 1.29 is 23.8 Å². The quantitative estimate of drug-likeness (QED) is 0.262. The number of thiophene rings is 1. The number of rotatable bonds is 8. The molecule has 0 aliphatic carbocycles. The van der Waals surface area contributed by atoms with Crippen LogP contribution >= 0.6 is 22.9 Å². The van der Waals surface area contributed by atoms with E-state index in [1.165, 1.54) is 18.4 Å². The number of carbonyl (C=O) groups excluding carboxylic acids is 2. The summed E-state index contributed by atoms with van der Waals surface area (Å²) < 4.78 is 17.4. The summed E-state index contributed by atoms with van der Waals surface area (Å²) in [6, 6.07) is 18.0. The van der Waals surface area contributed by atoms with E-state index in [1.54, 1.807) is 42.5 Å². The maximum Gasteiger partial charge on any atom is 0.348 e. The first-order valence-electron chi connectivity index (χ1n) is 11.0. The number of hydrogen-bond donors (Lipinski definition) is 1. The van der Waals surface area contributed by atoms with E-state index in [1.807, 2.05) is 32.0 Å². The molecule has 0 aliphatic rings. The Bertz CT molecular complexity index is 1400. The Morgan fingerprint density at radius 1 is 1.00 bits per heavy atom. The van der Waals surface area contributed by atoms with E-state index >= 15 is 0 Å². The molecule has 8 heteroatoms. The van der Waals surface area contributed by atoms with Gasteiger partial charge in [-0.1, -0.05) is 11.6 Å². The molecule has 0 saturated carbocycles. The third kappa shape index (κ3) is 5.75. The molecular formula is C27H24ClNO5S. The number of benzene rings is 3. The Balaban J connectivity index is 1.52. The molecule has 0 unspecified atom stereocenters. The average Bonchev–Trinajstić information content (AvgIpc) is 3.28. The fraction of sp³-hybridized carbons (Fsp3) is 0.185. The molecule has 0 fully saturated rings. The van der Waals surface area contributed by atoms with Crippen LogP contribution in [0.5, 0.6) is 11.5 Å². The number of esters is 1. The normalized spacial score (nSPS) is 10.7. The lowest BCUT2D eigenvalue weighted by Gasteiger charge is -2.14. The minimum absolute atomic E-state index is 0.231. The highest BCUT2D eigenvalue weighted by molar-refractivity contribution is 7.20. The number of anilines is 1. The molecule has 0 aliphatic heterocycles. The van der Waals surface area contributed by atoms with Gasteiger partial charge in [-0.2, -0.15) is 0 Å². The smallest absolute Gasteiger partial charge is 0.348 e. The van der Waals surface area contributed by atoms with Crippen molar-refractivity contribution in [1.82, 2.24) is 0 Å². The molecule has 1 amide bonds. The van der Waals surface area contributed by atoms with Crippen LogP contribution in [0.2, 0.25) is 5.02 Å². The van der Waals surface area contributed by atoms with Crippen LogP contribution in [0.15, 0.2) is 60.7 Å². The van der Waals surface area contributed by atoms with Crippen LogP contribution in [0.3, 0.4) is 0 Å². The Kier molecular flexibility index (Phi) is 7.58. The molecule has 0 saturated heterocycles. The van der Waals surface area contributed by atoms with Gasteiger partial charge in [0.25, 0.3) is 5.91 Å². The summed E-state index contributed by atoms with van der Waals surface area (Å²) in [5.74, 6) is 0.693. The van der Waals surface area contributed by atoms with Crippen molar-refractivity contribution in [2.75, 3.05) is 19.0 Å². The maximum atomic E-state index is 13.0. The molecule has 1 heterocycles. The van der Waals surface area contributed by atoms with Gasteiger partial charge < -0.3 is 19.5 Å². The highest BCUT2D eigenvalue weighted by atomic mass is 35.5. The number of methoxy groups -OCH3 is 1. The highest BCUT2D eigenvalue weighted by Gasteiger charge is 2.14. The number of ether oxygens (including phenoxy) is 3. The number of nitrogens with one attached hydrogen (secondary N) is 1. The summed E-state index contributed by atoms with van der Waals surface area (Å²) in [6.07, 6.45) is 0. The molecule has 180 valence electrons. The molecule has 0 atom stereocenters. The van der Waals surface area contributed by atoms with Crippen LogP contribution in [-0.2, 0) is 11.3 Å². The van der Waals surface area contributed by atoms with Crippen molar-refractivity contribution in [3.8, 4) is 11.5 Å². The van der Waals surface area contributed by atoms with E-state index in [0.29, 0.717) is 39.3 Å². The number of halogens is 1. The van der Waals surface area contributed by atoms with Gasteiger partial charge in [0.15, 0.2) is 0 Å². The van der Waals surface area contributed by atoms with E-state index in [-0.39, 0.29) is 18.5 Å². The van der Waals surface area contributed by atoms with Gasteiger partial charge in [0.1, 0.15) is 23.0 Å². The van der Waals surface area contributed by atoms with E-state index in [9.17, 15) is 9.59 Å². The molecule has 35 heavy (non-hydrogen) atoms. The van der Waals surface area contributed by atoms with E-state index in [4.69, 9.17) is 25.8 Å². The summed E-state index contributed by atoms with van der Waals surface area (Å²) in [7, 11) is 1.35.